The van der Waals surface area contributed by atoms with E-state index in [0.29, 0.717) is 37.7 Å². The van der Waals surface area contributed by atoms with E-state index in [4.69, 9.17) is 9.47 Å². The lowest BCUT2D eigenvalue weighted by atomic mass is 10.1. The molecule has 0 aliphatic carbocycles. The van der Waals surface area contributed by atoms with Gasteiger partial charge in [-0.15, -0.1) is 0 Å². The Kier molecular flexibility index (Phi) is 6.21. The van der Waals surface area contributed by atoms with Crippen molar-refractivity contribution < 1.29 is 19.1 Å². The molecule has 1 fully saturated rings. The highest BCUT2D eigenvalue weighted by atomic mass is 16.7. The molecule has 31 heavy (non-hydrogen) atoms. The predicted octanol–water partition coefficient (Wildman–Crippen LogP) is 0.853. The Labute approximate surface area is 180 Å². The number of guanidine groups is 1. The van der Waals surface area contributed by atoms with Crippen LogP contribution in [-0.2, 0) is 17.9 Å². The molecule has 2 heterocycles. The number of carbonyl (C=O) groups is 2. The van der Waals surface area contributed by atoms with Crippen molar-refractivity contribution in [2.75, 3.05) is 33.5 Å². The number of hydrogen-bond acceptors (Lipinski definition) is 5. The molecule has 1 saturated heterocycles. The van der Waals surface area contributed by atoms with Crippen LogP contribution >= 0.6 is 0 Å². The van der Waals surface area contributed by atoms with Crippen LogP contribution in [0.1, 0.15) is 21.5 Å². The van der Waals surface area contributed by atoms with Crippen LogP contribution in [0.3, 0.4) is 0 Å². The number of hydrogen-bond donors (Lipinski definition) is 3. The molecule has 2 aromatic carbocycles. The van der Waals surface area contributed by atoms with Gasteiger partial charge in [-0.05, 0) is 35.4 Å². The van der Waals surface area contributed by atoms with Gasteiger partial charge in [0.25, 0.3) is 5.91 Å². The van der Waals surface area contributed by atoms with E-state index in [1.54, 1.807) is 24.1 Å². The number of ether oxygens (including phenoxy) is 2. The van der Waals surface area contributed by atoms with Gasteiger partial charge < -0.3 is 30.3 Å². The molecule has 2 aliphatic heterocycles. The molecule has 3 N–H and O–H groups in total. The van der Waals surface area contributed by atoms with Gasteiger partial charge in [0, 0.05) is 38.8 Å². The number of amides is 2. The molecule has 162 valence electrons. The molecular formula is C22H25N5O4. The molecule has 0 radical (unpaired) electrons. The van der Waals surface area contributed by atoms with Gasteiger partial charge in [0.15, 0.2) is 17.5 Å². The summed E-state index contributed by atoms with van der Waals surface area (Å²) in [4.78, 5) is 29.8. The summed E-state index contributed by atoms with van der Waals surface area (Å²) in [5.74, 6) is 1.92. The zero-order valence-corrected chi connectivity index (χ0v) is 17.3. The maximum atomic E-state index is 12.5. The normalized spacial score (nSPS) is 15.5. The summed E-state index contributed by atoms with van der Waals surface area (Å²) < 4.78 is 10.7. The Morgan fingerprint density at radius 3 is 2.52 bits per heavy atom. The van der Waals surface area contributed by atoms with Gasteiger partial charge >= 0.3 is 0 Å². The minimum absolute atomic E-state index is 0.105. The number of nitrogens with one attached hydrogen (secondary N) is 3. The molecular weight excluding hydrogens is 398 g/mol. The smallest absolute Gasteiger partial charge is 0.254 e. The Balaban J connectivity index is 1.27. The van der Waals surface area contributed by atoms with Gasteiger partial charge in [-0.3, -0.25) is 14.6 Å². The largest absolute Gasteiger partial charge is 0.454 e. The second kappa shape index (κ2) is 9.38. The van der Waals surface area contributed by atoms with Crippen molar-refractivity contribution in [1.82, 2.24) is 20.9 Å². The molecule has 0 bridgehead atoms. The molecule has 0 atom stereocenters. The third-order valence-electron chi connectivity index (χ3n) is 5.11. The Morgan fingerprint density at radius 2 is 1.77 bits per heavy atom. The fraction of sp³-hybridized carbons (Fsp3) is 0.318. The van der Waals surface area contributed by atoms with Gasteiger partial charge in [-0.1, -0.05) is 18.2 Å². The van der Waals surface area contributed by atoms with Crippen molar-refractivity contribution in [3.8, 4) is 11.5 Å². The van der Waals surface area contributed by atoms with Crippen molar-refractivity contribution in [3.05, 3.63) is 59.2 Å². The minimum Gasteiger partial charge on any atom is -0.454 e. The monoisotopic (exact) mass is 423 g/mol. The van der Waals surface area contributed by atoms with Crippen molar-refractivity contribution in [1.29, 1.82) is 0 Å². The van der Waals surface area contributed by atoms with E-state index in [2.05, 4.69) is 20.9 Å². The topological polar surface area (TPSA) is 104 Å². The number of rotatable bonds is 5. The van der Waals surface area contributed by atoms with Crippen molar-refractivity contribution in [2.45, 2.75) is 13.1 Å². The van der Waals surface area contributed by atoms with Gasteiger partial charge in [0.1, 0.15) is 0 Å². The number of nitrogens with zero attached hydrogens (tertiary/aromatic N) is 2. The quantitative estimate of drug-likeness (QED) is 0.487. The molecule has 9 heteroatoms. The maximum Gasteiger partial charge on any atom is 0.254 e. The van der Waals surface area contributed by atoms with E-state index in [1.165, 1.54) is 0 Å². The zero-order chi connectivity index (χ0) is 21.6. The van der Waals surface area contributed by atoms with Crippen LogP contribution in [0, 0.1) is 0 Å². The molecule has 0 saturated carbocycles. The van der Waals surface area contributed by atoms with E-state index in [-0.39, 0.29) is 25.2 Å². The molecule has 0 unspecified atom stereocenters. The standard InChI is InChI=1S/C22H25N5O4/c1-23-22(26-12-16-4-7-18-19(10-16)31-14-30-18)25-11-15-2-5-17(6-3-15)21(29)27-9-8-24-20(28)13-27/h2-7,10H,8-9,11-14H2,1H3,(H,24,28)(H2,23,25,26). The van der Waals surface area contributed by atoms with Gasteiger partial charge in [-0.2, -0.15) is 0 Å². The first-order valence-corrected chi connectivity index (χ1v) is 10.1. The summed E-state index contributed by atoms with van der Waals surface area (Å²) >= 11 is 0. The van der Waals surface area contributed by atoms with Crippen LogP contribution in [0.25, 0.3) is 0 Å². The summed E-state index contributed by atoms with van der Waals surface area (Å²) in [5, 5.41) is 9.25. The van der Waals surface area contributed by atoms with Crippen LogP contribution in [-0.4, -0.2) is 56.1 Å². The van der Waals surface area contributed by atoms with E-state index in [1.807, 2.05) is 30.3 Å². The van der Waals surface area contributed by atoms with Crippen LogP contribution in [0.5, 0.6) is 11.5 Å². The van der Waals surface area contributed by atoms with E-state index >= 15 is 0 Å². The summed E-state index contributed by atoms with van der Waals surface area (Å²) in [6.07, 6.45) is 0. The highest BCUT2D eigenvalue weighted by Crippen LogP contribution is 2.32. The van der Waals surface area contributed by atoms with E-state index < -0.39 is 0 Å². The van der Waals surface area contributed by atoms with Crippen molar-refractivity contribution in [2.24, 2.45) is 4.99 Å². The SMILES string of the molecule is CN=C(NCc1ccc(C(=O)N2CCNC(=O)C2)cc1)NCc1ccc2c(c1)OCO2. The lowest BCUT2D eigenvalue weighted by Gasteiger charge is -2.26. The average molecular weight is 423 g/mol. The number of fused-ring (bicyclic) bond motifs is 1. The van der Waals surface area contributed by atoms with Crippen LogP contribution < -0.4 is 25.4 Å². The fourth-order valence-electron chi connectivity index (χ4n) is 3.40. The van der Waals surface area contributed by atoms with Gasteiger partial charge in [0.05, 0.1) is 6.54 Å². The lowest BCUT2D eigenvalue weighted by molar-refractivity contribution is -0.123. The van der Waals surface area contributed by atoms with Gasteiger partial charge in [0.2, 0.25) is 12.7 Å². The van der Waals surface area contributed by atoms with Crippen molar-refractivity contribution >= 4 is 17.8 Å². The maximum absolute atomic E-state index is 12.5. The molecule has 9 nitrogen and oxygen atoms in total. The first kappa shape index (κ1) is 20.5. The average Bonchev–Trinajstić information content (AvgIpc) is 3.27. The van der Waals surface area contributed by atoms with Crippen LogP contribution in [0.15, 0.2) is 47.5 Å². The van der Waals surface area contributed by atoms with Gasteiger partial charge in [-0.25, -0.2) is 0 Å². The first-order chi connectivity index (χ1) is 15.1. The summed E-state index contributed by atoms with van der Waals surface area (Å²) in [5.41, 5.74) is 2.64. The molecule has 2 aliphatic rings. The Bertz CT molecular complexity index is 990. The molecule has 0 aromatic heterocycles. The third-order valence-corrected chi connectivity index (χ3v) is 5.11. The Morgan fingerprint density at radius 1 is 1.06 bits per heavy atom. The third kappa shape index (κ3) is 5.06. The summed E-state index contributed by atoms with van der Waals surface area (Å²) in [6.45, 7) is 2.53. The highest BCUT2D eigenvalue weighted by molar-refractivity contribution is 5.97. The minimum atomic E-state index is -0.129. The Hall–Kier alpha value is -3.75. The fourth-order valence-corrected chi connectivity index (χ4v) is 3.40. The number of carbonyl (C=O) groups excluding carboxylic acids is 2. The van der Waals surface area contributed by atoms with Crippen LogP contribution in [0.4, 0.5) is 0 Å². The molecule has 0 spiro atoms. The van der Waals surface area contributed by atoms with E-state index in [9.17, 15) is 9.59 Å². The summed E-state index contributed by atoms with van der Waals surface area (Å²) in [6, 6.07) is 13.2. The zero-order valence-electron chi connectivity index (χ0n) is 17.3. The number of benzene rings is 2. The lowest BCUT2D eigenvalue weighted by Crippen LogP contribution is -2.49. The first-order valence-electron chi connectivity index (χ1n) is 10.1. The van der Waals surface area contributed by atoms with Crippen molar-refractivity contribution in [3.63, 3.8) is 0 Å². The summed E-state index contributed by atoms with van der Waals surface area (Å²) in [7, 11) is 1.71. The highest BCUT2D eigenvalue weighted by Gasteiger charge is 2.22. The number of piperazine rings is 1. The predicted molar refractivity (Wildman–Crippen MR) is 115 cm³/mol. The van der Waals surface area contributed by atoms with E-state index in [0.717, 1.165) is 22.6 Å². The molecule has 2 amide bonds. The molecule has 4 rings (SSSR count). The molecule has 2 aromatic rings. The number of aliphatic imine (C=N–C) groups is 1. The second-order valence-electron chi connectivity index (χ2n) is 7.24. The second-order valence-corrected chi connectivity index (χ2v) is 7.24. The van der Waals surface area contributed by atoms with Crippen LogP contribution in [0.2, 0.25) is 0 Å².